The van der Waals surface area contributed by atoms with Crippen molar-refractivity contribution in [3.63, 3.8) is 0 Å². The van der Waals surface area contributed by atoms with Crippen molar-refractivity contribution in [3.8, 4) is 0 Å². The summed E-state index contributed by atoms with van der Waals surface area (Å²) in [5.74, 6) is -1.83. The van der Waals surface area contributed by atoms with Crippen LogP contribution in [0.15, 0.2) is 46.9 Å². The molecular formula is C19H15BrF4N2O2. The second-order valence-corrected chi connectivity index (χ2v) is 7.34. The molecule has 28 heavy (non-hydrogen) atoms. The first-order chi connectivity index (χ1) is 13.1. The van der Waals surface area contributed by atoms with E-state index in [0.717, 1.165) is 12.1 Å². The molecule has 1 aliphatic heterocycles. The monoisotopic (exact) mass is 458 g/mol. The maximum atomic E-state index is 13.1. The van der Waals surface area contributed by atoms with Gasteiger partial charge in [0.1, 0.15) is 5.82 Å². The maximum absolute atomic E-state index is 13.1. The van der Waals surface area contributed by atoms with Crippen LogP contribution in [0, 0.1) is 11.7 Å². The summed E-state index contributed by atoms with van der Waals surface area (Å²) in [5, 5.41) is 2.63. The fraction of sp³-hybridized carbons (Fsp3) is 0.263. The number of hydrogen-bond donors (Lipinski definition) is 1. The van der Waals surface area contributed by atoms with Crippen LogP contribution >= 0.6 is 15.9 Å². The Kier molecular flexibility index (Phi) is 5.74. The van der Waals surface area contributed by atoms with Gasteiger partial charge in [0.15, 0.2) is 0 Å². The molecule has 1 saturated heterocycles. The lowest BCUT2D eigenvalue weighted by Gasteiger charge is -2.18. The Morgan fingerprint density at radius 2 is 1.96 bits per heavy atom. The third-order valence-corrected chi connectivity index (χ3v) is 5.06. The molecule has 4 nitrogen and oxygen atoms in total. The molecule has 0 aromatic heterocycles. The number of carbonyl (C=O) groups is 2. The third kappa shape index (κ3) is 4.70. The number of amides is 2. The molecule has 148 valence electrons. The Bertz CT molecular complexity index is 917. The Hall–Kier alpha value is -2.42. The lowest BCUT2D eigenvalue weighted by Crippen LogP contribution is -2.28. The summed E-state index contributed by atoms with van der Waals surface area (Å²) in [7, 11) is 0. The van der Waals surface area contributed by atoms with Crippen LogP contribution in [0.4, 0.5) is 23.2 Å². The van der Waals surface area contributed by atoms with Crippen LogP contribution in [-0.4, -0.2) is 23.3 Å². The number of alkyl halides is 3. The molecule has 1 heterocycles. The topological polar surface area (TPSA) is 49.4 Å². The highest BCUT2D eigenvalue weighted by Gasteiger charge is 2.35. The van der Waals surface area contributed by atoms with E-state index in [4.69, 9.17) is 0 Å². The second kappa shape index (κ2) is 7.90. The highest BCUT2D eigenvalue weighted by Crippen LogP contribution is 2.31. The molecule has 0 spiro atoms. The number of anilines is 1. The third-order valence-electron chi connectivity index (χ3n) is 4.40. The Labute approximate surface area is 166 Å². The summed E-state index contributed by atoms with van der Waals surface area (Å²) >= 11 is 3.15. The minimum atomic E-state index is -4.46. The van der Waals surface area contributed by atoms with Crippen molar-refractivity contribution in [2.24, 2.45) is 5.92 Å². The summed E-state index contributed by atoms with van der Waals surface area (Å²) in [6.07, 6.45) is -4.50. The van der Waals surface area contributed by atoms with Crippen LogP contribution in [0.1, 0.15) is 17.5 Å². The van der Waals surface area contributed by atoms with E-state index in [2.05, 4.69) is 21.2 Å². The van der Waals surface area contributed by atoms with E-state index in [1.807, 2.05) is 0 Å². The van der Waals surface area contributed by atoms with Crippen molar-refractivity contribution < 1.29 is 27.2 Å². The standard InChI is InChI=1S/C19H15BrF4N2O2/c20-15-8-14(21)4-5-16(15)25-18(28)12-7-17(27)26(10-12)9-11-2-1-3-13(6-11)19(22,23)24/h1-6,8,12H,7,9-10H2,(H,25,28). The van der Waals surface area contributed by atoms with E-state index < -0.39 is 29.4 Å². The lowest BCUT2D eigenvalue weighted by atomic mass is 10.1. The lowest BCUT2D eigenvalue weighted by molar-refractivity contribution is -0.137. The SMILES string of the molecule is O=C(Nc1ccc(F)cc1Br)C1CC(=O)N(Cc2cccc(C(F)(F)F)c2)C1. The van der Waals surface area contributed by atoms with Gasteiger partial charge in [-0.05, 0) is 51.8 Å². The van der Waals surface area contributed by atoms with Gasteiger partial charge in [-0.2, -0.15) is 13.2 Å². The minimum Gasteiger partial charge on any atom is -0.338 e. The highest BCUT2D eigenvalue weighted by molar-refractivity contribution is 9.10. The van der Waals surface area contributed by atoms with Crippen LogP contribution in [0.3, 0.4) is 0 Å². The van der Waals surface area contributed by atoms with E-state index >= 15 is 0 Å². The van der Waals surface area contributed by atoms with Gasteiger partial charge in [-0.25, -0.2) is 4.39 Å². The zero-order chi connectivity index (χ0) is 20.5. The molecule has 0 saturated carbocycles. The van der Waals surface area contributed by atoms with Crippen molar-refractivity contribution in [2.45, 2.75) is 19.1 Å². The minimum absolute atomic E-state index is 0.00717. The first-order valence-electron chi connectivity index (χ1n) is 8.33. The van der Waals surface area contributed by atoms with Crippen LogP contribution in [0.5, 0.6) is 0 Å². The molecule has 9 heteroatoms. The molecule has 1 aliphatic rings. The van der Waals surface area contributed by atoms with Crippen molar-refractivity contribution in [2.75, 3.05) is 11.9 Å². The normalized spacial score (nSPS) is 17.1. The molecule has 1 N–H and O–H groups in total. The van der Waals surface area contributed by atoms with Crippen molar-refractivity contribution in [1.82, 2.24) is 4.90 Å². The summed E-state index contributed by atoms with van der Waals surface area (Å²) in [6.45, 7) is 0.0898. The van der Waals surface area contributed by atoms with Gasteiger partial charge in [0.2, 0.25) is 11.8 Å². The van der Waals surface area contributed by atoms with Gasteiger partial charge in [-0.3, -0.25) is 9.59 Å². The van der Waals surface area contributed by atoms with Crippen LogP contribution in [0.2, 0.25) is 0 Å². The quantitative estimate of drug-likeness (QED) is 0.680. The van der Waals surface area contributed by atoms with Crippen molar-refractivity contribution in [3.05, 3.63) is 63.9 Å². The van der Waals surface area contributed by atoms with Gasteiger partial charge >= 0.3 is 6.18 Å². The number of likely N-dealkylation sites (tertiary alicyclic amines) is 1. The fourth-order valence-corrected chi connectivity index (χ4v) is 3.44. The summed E-state index contributed by atoms with van der Waals surface area (Å²) in [4.78, 5) is 26.0. The number of benzene rings is 2. The van der Waals surface area contributed by atoms with E-state index in [1.54, 1.807) is 0 Å². The molecule has 3 rings (SSSR count). The zero-order valence-corrected chi connectivity index (χ0v) is 16.0. The average Bonchev–Trinajstić information content (AvgIpc) is 2.98. The van der Waals surface area contributed by atoms with E-state index in [-0.39, 0.29) is 25.4 Å². The van der Waals surface area contributed by atoms with Gasteiger partial charge < -0.3 is 10.2 Å². The molecule has 0 bridgehead atoms. The number of rotatable bonds is 4. The Morgan fingerprint density at radius 3 is 2.64 bits per heavy atom. The summed E-state index contributed by atoms with van der Waals surface area (Å²) in [5.41, 5.74) is -0.0761. The summed E-state index contributed by atoms with van der Waals surface area (Å²) < 4.78 is 52.0. The van der Waals surface area contributed by atoms with Crippen LogP contribution in [0.25, 0.3) is 0 Å². The number of nitrogens with one attached hydrogen (secondary N) is 1. The predicted octanol–water partition coefficient (Wildman–Crippen LogP) is 4.59. The number of nitrogens with zero attached hydrogens (tertiary/aromatic N) is 1. The number of halogens is 5. The van der Waals surface area contributed by atoms with Gasteiger partial charge in [-0.15, -0.1) is 0 Å². The predicted molar refractivity (Wildman–Crippen MR) is 97.7 cm³/mol. The molecule has 0 radical (unpaired) electrons. The molecule has 1 atom stereocenters. The van der Waals surface area contributed by atoms with Gasteiger partial charge in [0.25, 0.3) is 0 Å². The van der Waals surface area contributed by atoms with Crippen molar-refractivity contribution >= 4 is 33.4 Å². The second-order valence-electron chi connectivity index (χ2n) is 6.49. The smallest absolute Gasteiger partial charge is 0.338 e. The Balaban J connectivity index is 1.66. The molecular weight excluding hydrogens is 444 g/mol. The highest BCUT2D eigenvalue weighted by atomic mass is 79.9. The largest absolute Gasteiger partial charge is 0.416 e. The van der Waals surface area contributed by atoms with Gasteiger partial charge in [0.05, 0.1) is 17.2 Å². The molecule has 2 aromatic carbocycles. The van der Waals surface area contributed by atoms with Crippen LogP contribution in [-0.2, 0) is 22.3 Å². The molecule has 2 amide bonds. The van der Waals surface area contributed by atoms with E-state index in [9.17, 15) is 27.2 Å². The first kappa shape index (κ1) is 20.3. The van der Waals surface area contributed by atoms with Gasteiger partial charge in [0, 0.05) is 24.0 Å². The van der Waals surface area contributed by atoms with E-state index in [0.29, 0.717) is 15.7 Å². The first-order valence-corrected chi connectivity index (χ1v) is 9.12. The average molecular weight is 459 g/mol. The zero-order valence-electron chi connectivity index (χ0n) is 14.4. The maximum Gasteiger partial charge on any atom is 0.416 e. The van der Waals surface area contributed by atoms with Crippen molar-refractivity contribution in [1.29, 1.82) is 0 Å². The van der Waals surface area contributed by atoms with Gasteiger partial charge in [-0.1, -0.05) is 12.1 Å². The summed E-state index contributed by atoms with van der Waals surface area (Å²) in [6, 6.07) is 8.55. The van der Waals surface area contributed by atoms with Crippen LogP contribution < -0.4 is 5.32 Å². The Morgan fingerprint density at radius 1 is 1.21 bits per heavy atom. The molecule has 1 fully saturated rings. The number of hydrogen-bond acceptors (Lipinski definition) is 2. The molecule has 2 aromatic rings. The number of carbonyl (C=O) groups excluding carboxylic acids is 2. The molecule has 1 unspecified atom stereocenters. The van der Waals surface area contributed by atoms with E-state index in [1.165, 1.54) is 35.2 Å². The fourth-order valence-electron chi connectivity index (χ4n) is 2.99. The molecule has 0 aliphatic carbocycles.